The highest BCUT2D eigenvalue weighted by atomic mass is 32.1. The van der Waals surface area contributed by atoms with Crippen LogP contribution < -0.4 is 4.74 Å². The summed E-state index contributed by atoms with van der Waals surface area (Å²) in [6.45, 7) is 4.36. The lowest BCUT2D eigenvalue weighted by Gasteiger charge is -2.21. The number of para-hydroxylation sites is 1. The maximum Gasteiger partial charge on any atom is 0.223 e. The van der Waals surface area contributed by atoms with E-state index in [4.69, 9.17) is 4.74 Å². The normalized spacial score (nSPS) is 17.5. The SMILES string of the molecule is C=C1C/C=C\CCCCC1c1cccnc1Oc1ccc(C(=O)c2nc3ccccc3s2)cc1. The van der Waals surface area contributed by atoms with Crippen LogP contribution in [0.4, 0.5) is 0 Å². The van der Waals surface area contributed by atoms with Crippen molar-refractivity contribution in [1.82, 2.24) is 9.97 Å². The molecule has 0 saturated carbocycles. The molecule has 34 heavy (non-hydrogen) atoms. The number of carbonyl (C=O) groups is 1. The third-order valence-electron chi connectivity index (χ3n) is 6.15. The molecule has 5 rings (SSSR count). The Balaban J connectivity index is 1.35. The average molecular weight is 467 g/mol. The zero-order valence-corrected chi connectivity index (χ0v) is 19.8. The van der Waals surface area contributed by atoms with Gasteiger partial charge in [-0.3, -0.25) is 4.79 Å². The molecule has 1 atom stereocenters. The Labute approximate surface area is 203 Å². The zero-order valence-electron chi connectivity index (χ0n) is 18.9. The number of allylic oxidation sites excluding steroid dienone is 3. The van der Waals surface area contributed by atoms with Gasteiger partial charge in [0.1, 0.15) is 5.75 Å². The summed E-state index contributed by atoms with van der Waals surface area (Å²) in [5.41, 5.74) is 3.69. The van der Waals surface area contributed by atoms with Gasteiger partial charge in [0.15, 0.2) is 5.01 Å². The van der Waals surface area contributed by atoms with Crippen molar-refractivity contribution in [2.24, 2.45) is 0 Å². The maximum atomic E-state index is 13.0. The first-order valence-corrected chi connectivity index (χ1v) is 12.5. The molecule has 4 aromatic rings. The van der Waals surface area contributed by atoms with E-state index in [1.54, 1.807) is 18.3 Å². The first-order valence-electron chi connectivity index (χ1n) is 11.6. The van der Waals surface area contributed by atoms with Gasteiger partial charge in [-0.05, 0) is 68.1 Å². The van der Waals surface area contributed by atoms with Crippen molar-refractivity contribution in [3.8, 4) is 11.6 Å². The van der Waals surface area contributed by atoms with E-state index >= 15 is 0 Å². The van der Waals surface area contributed by atoms with Crippen molar-refractivity contribution in [3.63, 3.8) is 0 Å². The minimum Gasteiger partial charge on any atom is -0.439 e. The number of hydrogen-bond donors (Lipinski definition) is 0. The first-order chi connectivity index (χ1) is 16.7. The van der Waals surface area contributed by atoms with Crippen LogP contribution in [-0.4, -0.2) is 15.8 Å². The van der Waals surface area contributed by atoms with Crippen molar-refractivity contribution >= 4 is 27.3 Å². The molecular weight excluding hydrogens is 440 g/mol. The zero-order chi connectivity index (χ0) is 23.3. The van der Waals surface area contributed by atoms with Gasteiger partial charge in [-0.1, -0.05) is 48.9 Å². The van der Waals surface area contributed by atoms with Gasteiger partial charge in [-0.15, -0.1) is 11.3 Å². The Kier molecular flexibility index (Phi) is 6.63. The molecule has 0 radical (unpaired) electrons. The number of hydrogen-bond acceptors (Lipinski definition) is 5. The number of ether oxygens (including phenoxy) is 1. The molecule has 0 fully saturated rings. The summed E-state index contributed by atoms with van der Waals surface area (Å²) in [4.78, 5) is 22.0. The van der Waals surface area contributed by atoms with E-state index in [0.29, 0.717) is 22.2 Å². The van der Waals surface area contributed by atoms with Crippen LogP contribution in [-0.2, 0) is 0 Å². The van der Waals surface area contributed by atoms with E-state index in [1.807, 2.05) is 42.5 Å². The van der Waals surface area contributed by atoms with Gasteiger partial charge < -0.3 is 4.74 Å². The van der Waals surface area contributed by atoms with Crippen molar-refractivity contribution in [3.05, 3.63) is 107 Å². The number of ketones is 1. The minimum absolute atomic E-state index is 0.0822. The first kappa shape index (κ1) is 22.2. The molecule has 170 valence electrons. The predicted molar refractivity (Wildman–Crippen MR) is 138 cm³/mol. The summed E-state index contributed by atoms with van der Waals surface area (Å²) in [5.74, 6) is 1.38. The van der Waals surface area contributed by atoms with E-state index in [9.17, 15) is 4.79 Å². The highest BCUT2D eigenvalue weighted by Gasteiger charge is 2.21. The second-order valence-corrected chi connectivity index (χ2v) is 9.54. The summed E-state index contributed by atoms with van der Waals surface area (Å²) >= 11 is 1.41. The standard InChI is InChI=1S/C29H26N2O2S/c1-20-10-5-3-2-4-6-11-23(20)24-12-9-19-30-28(24)33-22-17-15-21(16-18-22)27(32)29-31-25-13-7-8-14-26(25)34-29/h3,5,7-9,12-19,23H,1-2,4,6,10-11H2/b5-3-. The summed E-state index contributed by atoms with van der Waals surface area (Å²) in [5, 5.41) is 0.495. The minimum atomic E-state index is -0.0822. The van der Waals surface area contributed by atoms with Crippen LogP contribution in [0.1, 0.15) is 59.0 Å². The van der Waals surface area contributed by atoms with Gasteiger partial charge in [-0.2, -0.15) is 0 Å². The molecule has 4 nitrogen and oxygen atoms in total. The fourth-order valence-corrected chi connectivity index (χ4v) is 5.25. The molecule has 0 saturated heterocycles. The molecule has 0 N–H and O–H groups in total. The van der Waals surface area contributed by atoms with Gasteiger partial charge in [0, 0.05) is 23.2 Å². The Morgan fingerprint density at radius 3 is 2.71 bits per heavy atom. The lowest BCUT2D eigenvalue weighted by molar-refractivity contribution is 0.103. The van der Waals surface area contributed by atoms with E-state index in [0.717, 1.165) is 41.5 Å². The smallest absolute Gasteiger partial charge is 0.223 e. The number of carbonyl (C=O) groups excluding carboxylic acids is 1. The van der Waals surface area contributed by atoms with Crippen LogP contribution in [0, 0.1) is 0 Å². The number of pyridine rings is 1. The Bertz CT molecular complexity index is 1320. The Hall–Kier alpha value is -3.57. The van der Waals surface area contributed by atoms with E-state index < -0.39 is 0 Å². The number of fused-ring (bicyclic) bond motifs is 1. The van der Waals surface area contributed by atoms with Crippen LogP contribution in [0.2, 0.25) is 0 Å². The third kappa shape index (κ3) is 4.85. The van der Waals surface area contributed by atoms with Crippen LogP contribution in [0.25, 0.3) is 10.2 Å². The predicted octanol–water partition coefficient (Wildman–Crippen LogP) is 7.87. The molecule has 5 heteroatoms. The molecule has 0 spiro atoms. The second-order valence-electron chi connectivity index (χ2n) is 8.51. The van der Waals surface area contributed by atoms with Gasteiger partial charge in [0.2, 0.25) is 11.7 Å². The van der Waals surface area contributed by atoms with Crippen molar-refractivity contribution in [2.45, 2.75) is 38.0 Å². The fraction of sp³-hybridized carbons (Fsp3) is 0.207. The van der Waals surface area contributed by atoms with E-state index in [1.165, 1.54) is 23.3 Å². The maximum absolute atomic E-state index is 13.0. The fourth-order valence-electron chi connectivity index (χ4n) is 4.32. The molecule has 1 unspecified atom stereocenters. The van der Waals surface area contributed by atoms with Crippen LogP contribution >= 0.6 is 11.3 Å². The molecule has 0 aliphatic heterocycles. The van der Waals surface area contributed by atoms with Gasteiger partial charge in [0.25, 0.3) is 0 Å². The van der Waals surface area contributed by atoms with E-state index in [-0.39, 0.29) is 11.7 Å². The average Bonchev–Trinajstić information content (AvgIpc) is 3.34. The number of benzene rings is 2. The second kappa shape index (κ2) is 10.1. The molecule has 0 amide bonds. The van der Waals surface area contributed by atoms with Crippen LogP contribution in [0.15, 0.2) is 91.2 Å². The lowest BCUT2D eigenvalue weighted by Crippen LogP contribution is -2.05. The highest BCUT2D eigenvalue weighted by molar-refractivity contribution is 7.20. The number of nitrogens with zero attached hydrogens (tertiary/aromatic N) is 2. The molecule has 0 bridgehead atoms. The van der Waals surface area contributed by atoms with Gasteiger partial charge in [-0.25, -0.2) is 9.97 Å². The monoisotopic (exact) mass is 466 g/mol. The van der Waals surface area contributed by atoms with Crippen molar-refractivity contribution in [2.75, 3.05) is 0 Å². The molecule has 2 aromatic heterocycles. The molecule has 2 aromatic carbocycles. The quantitative estimate of drug-likeness (QED) is 0.222. The Morgan fingerprint density at radius 1 is 1.00 bits per heavy atom. The van der Waals surface area contributed by atoms with Crippen molar-refractivity contribution in [1.29, 1.82) is 0 Å². The molecule has 1 aliphatic carbocycles. The highest BCUT2D eigenvalue weighted by Crippen LogP contribution is 2.38. The summed E-state index contributed by atoms with van der Waals surface area (Å²) in [6.07, 6.45) is 11.6. The summed E-state index contributed by atoms with van der Waals surface area (Å²) in [7, 11) is 0. The molecule has 1 aliphatic rings. The molecule has 2 heterocycles. The van der Waals surface area contributed by atoms with Gasteiger partial charge in [0.05, 0.1) is 10.2 Å². The molecular formula is C29H26N2O2S. The third-order valence-corrected chi connectivity index (χ3v) is 7.18. The topological polar surface area (TPSA) is 52.1 Å². The van der Waals surface area contributed by atoms with E-state index in [2.05, 4.69) is 34.8 Å². The van der Waals surface area contributed by atoms with Crippen molar-refractivity contribution < 1.29 is 9.53 Å². The summed E-state index contributed by atoms with van der Waals surface area (Å²) in [6, 6.07) is 19.0. The summed E-state index contributed by atoms with van der Waals surface area (Å²) < 4.78 is 7.22. The number of rotatable bonds is 5. The Morgan fingerprint density at radius 2 is 1.85 bits per heavy atom. The largest absolute Gasteiger partial charge is 0.439 e. The number of aromatic nitrogens is 2. The van der Waals surface area contributed by atoms with Crippen LogP contribution in [0.5, 0.6) is 11.6 Å². The number of thiazole rings is 1. The lowest BCUT2D eigenvalue weighted by atomic mass is 9.87. The van der Waals surface area contributed by atoms with Crippen LogP contribution in [0.3, 0.4) is 0 Å². The van der Waals surface area contributed by atoms with Gasteiger partial charge >= 0.3 is 0 Å².